The molecule has 1 fully saturated rings. The van der Waals surface area contributed by atoms with Gasteiger partial charge in [0, 0.05) is 23.6 Å². The summed E-state index contributed by atoms with van der Waals surface area (Å²) in [5.74, 6) is -1.73. The fourth-order valence-corrected chi connectivity index (χ4v) is 11.5. The van der Waals surface area contributed by atoms with Gasteiger partial charge in [-0.15, -0.1) is 0 Å². The van der Waals surface area contributed by atoms with Crippen LogP contribution in [0, 0.1) is 6.92 Å². The number of aromatic amines is 1. The quantitative estimate of drug-likeness (QED) is 0.0593. The molecule has 2 heterocycles. The van der Waals surface area contributed by atoms with Gasteiger partial charge in [-0.1, -0.05) is 66.7 Å². The number of nitrogens with one attached hydrogen (secondary N) is 1. The van der Waals surface area contributed by atoms with Crippen LogP contribution in [0.3, 0.4) is 0 Å². The fraction of sp³-hybridized carbons (Fsp3) is 0.229. The number of H-pyrrole nitrogens is 1. The lowest BCUT2D eigenvalue weighted by atomic mass is 9.94. The van der Waals surface area contributed by atoms with Gasteiger partial charge >= 0.3 is 35.1 Å². The van der Waals surface area contributed by atoms with Crippen molar-refractivity contribution in [2.24, 2.45) is 0 Å². The van der Waals surface area contributed by atoms with E-state index in [0.717, 1.165) is 26.1 Å². The number of aromatic nitrogens is 2. The zero-order valence-corrected chi connectivity index (χ0v) is 33.5. The van der Waals surface area contributed by atoms with Crippen LogP contribution in [-0.2, 0) is 50.7 Å². The average molecular weight is 879 g/mol. The van der Waals surface area contributed by atoms with Gasteiger partial charge in [0.2, 0.25) is 0 Å². The Hall–Kier alpha value is -4.39. The summed E-state index contributed by atoms with van der Waals surface area (Å²) in [6.07, 6.45) is -2.94. The molecule has 306 valence electrons. The highest BCUT2D eigenvalue weighted by atomic mass is 32.2. The number of nitrogens with zero attached hydrogens (tertiary/aromatic N) is 1. The Balaban J connectivity index is 0.988. The van der Waals surface area contributed by atoms with Crippen LogP contribution < -0.4 is 11.2 Å². The lowest BCUT2D eigenvalue weighted by molar-refractivity contribution is -0.0511. The van der Waals surface area contributed by atoms with Crippen LogP contribution in [0.5, 0.6) is 0 Å². The third-order valence-electron chi connectivity index (χ3n) is 9.15. The van der Waals surface area contributed by atoms with Crippen molar-refractivity contribution in [3.8, 4) is 0 Å². The molecule has 0 radical (unpaired) electrons. The second-order valence-electron chi connectivity index (χ2n) is 13.1. The van der Waals surface area contributed by atoms with E-state index in [1.807, 2.05) is 30.3 Å². The maximum atomic E-state index is 13.4. The molecule has 0 aliphatic carbocycles. The topological polar surface area (TPSA) is 273 Å². The van der Waals surface area contributed by atoms with Gasteiger partial charge in [0.25, 0.3) is 5.56 Å². The van der Waals surface area contributed by atoms with Crippen LogP contribution in [0.25, 0.3) is 32.3 Å². The van der Waals surface area contributed by atoms with Crippen LogP contribution in [0.2, 0.25) is 0 Å². The summed E-state index contributed by atoms with van der Waals surface area (Å²) in [4.78, 5) is 69.9. The molecule has 19 nitrogen and oxygen atoms in total. The number of carbonyl (C=O) groups is 1. The smallest absolute Gasteiger partial charge is 0.456 e. The Morgan fingerprint density at radius 3 is 2.14 bits per heavy atom. The van der Waals surface area contributed by atoms with Crippen molar-refractivity contribution in [3.05, 3.63) is 123 Å². The van der Waals surface area contributed by atoms with Crippen molar-refractivity contribution in [2.45, 2.75) is 36.7 Å². The monoisotopic (exact) mass is 878 g/mol. The van der Waals surface area contributed by atoms with Gasteiger partial charge in [0.1, 0.15) is 18.4 Å². The second-order valence-corrected chi connectivity index (χ2v) is 19.8. The molecule has 5 aromatic carbocycles. The van der Waals surface area contributed by atoms with Crippen LogP contribution >= 0.6 is 23.5 Å². The van der Waals surface area contributed by atoms with Crippen molar-refractivity contribution < 1.29 is 68.7 Å². The van der Waals surface area contributed by atoms with E-state index in [2.05, 4.69) is 18.1 Å². The highest BCUT2D eigenvalue weighted by molar-refractivity contribution is 7.91. The van der Waals surface area contributed by atoms with Crippen molar-refractivity contribution in [1.29, 1.82) is 0 Å². The highest BCUT2D eigenvalue weighted by Gasteiger charge is 2.45. The van der Waals surface area contributed by atoms with Crippen LogP contribution in [0.15, 0.2) is 106 Å². The predicted octanol–water partition coefficient (Wildman–Crippen LogP) is 5.10. The lowest BCUT2D eigenvalue weighted by Crippen LogP contribution is -2.33. The Bertz CT molecular complexity index is 2910. The molecule has 58 heavy (non-hydrogen) atoms. The first kappa shape index (κ1) is 41.8. The van der Waals surface area contributed by atoms with Gasteiger partial charge < -0.3 is 24.2 Å². The van der Waals surface area contributed by atoms with E-state index in [9.17, 15) is 51.2 Å². The van der Waals surface area contributed by atoms with E-state index in [-0.39, 0.29) is 22.4 Å². The minimum absolute atomic E-state index is 0.0967. The summed E-state index contributed by atoms with van der Waals surface area (Å²) in [7, 11) is -21.5. The molecule has 7 rings (SSSR count). The summed E-state index contributed by atoms with van der Waals surface area (Å²) in [5.41, 5.74) is -1.30. The molecular formula is C35H33N2O17P3S. The molecule has 0 bridgehead atoms. The van der Waals surface area contributed by atoms with E-state index in [1.165, 1.54) is 31.3 Å². The molecule has 6 atom stereocenters. The molecule has 1 aliphatic rings. The number of hydrogen-bond donors (Lipinski definition) is 4. The summed E-state index contributed by atoms with van der Waals surface area (Å²) >= 11 is 0. The molecule has 23 heteroatoms. The van der Waals surface area contributed by atoms with Crippen molar-refractivity contribution in [1.82, 2.24) is 9.55 Å². The molecule has 4 N–H and O–H groups in total. The van der Waals surface area contributed by atoms with Gasteiger partial charge in [0.15, 0.2) is 9.84 Å². The van der Waals surface area contributed by atoms with E-state index in [0.29, 0.717) is 10.8 Å². The molecule has 0 amide bonds. The van der Waals surface area contributed by atoms with E-state index in [1.54, 1.807) is 36.4 Å². The van der Waals surface area contributed by atoms with Crippen molar-refractivity contribution >= 4 is 71.6 Å². The number of hydrogen-bond acceptors (Lipinski definition) is 14. The first-order chi connectivity index (χ1) is 27.3. The fourth-order valence-electron chi connectivity index (χ4n) is 6.57. The number of ether oxygens (including phenoxy) is 2. The number of carbonyl (C=O) groups excluding carboxylic acids is 1. The average Bonchev–Trinajstić information content (AvgIpc) is 3.55. The zero-order valence-electron chi connectivity index (χ0n) is 30.0. The van der Waals surface area contributed by atoms with E-state index >= 15 is 0 Å². The summed E-state index contributed by atoms with van der Waals surface area (Å²) in [5, 5.41) is 4.53. The minimum atomic E-state index is -5.99. The molecule has 6 aromatic rings. The minimum Gasteiger partial charge on any atom is -0.456 e. The van der Waals surface area contributed by atoms with Crippen molar-refractivity contribution in [2.75, 3.05) is 19.0 Å². The number of esters is 1. The normalized spacial score (nSPS) is 20.5. The van der Waals surface area contributed by atoms with E-state index < -0.39 is 87.9 Å². The molecule has 1 saturated heterocycles. The van der Waals surface area contributed by atoms with E-state index in [4.69, 9.17) is 14.0 Å². The number of phosphoric ester groups is 2. The Morgan fingerprint density at radius 1 is 0.828 bits per heavy atom. The zero-order chi connectivity index (χ0) is 41.6. The third-order valence-corrected chi connectivity index (χ3v) is 15.2. The Labute approximate surface area is 327 Å². The largest absolute Gasteiger partial charge is 0.490 e. The number of benzene rings is 5. The molecule has 6 unspecified atom stereocenters. The molecular weight excluding hydrogens is 845 g/mol. The second kappa shape index (κ2) is 16.0. The van der Waals surface area contributed by atoms with Gasteiger partial charge in [-0.2, -0.15) is 8.62 Å². The Morgan fingerprint density at radius 2 is 1.45 bits per heavy atom. The van der Waals surface area contributed by atoms with Crippen LogP contribution in [0.4, 0.5) is 0 Å². The van der Waals surface area contributed by atoms with Gasteiger partial charge in [0.05, 0.1) is 29.4 Å². The van der Waals surface area contributed by atoms with Gasteiger partial charge in [-0.3, -0.25) is 23.4 Å². The maximum absolute atomic E-state index is 13.4. The molecule has 0 saturated carbocycles. The van der Waals surface area contributed by atoms with Gasteiger partial charge in [-0.25, -0.2) is 31.7 Å². The first-order valence-electron chi connectivity index (χ1n) is 17.1. The highest BCUT2D eigenvalue weighted by Crippen LogP contribution is 2.67. The number of sulfone groups is 1. The summed E-state index contributed by atoms with van der Waals surface area (Å²) in [6, 6.07) is 23.5. The standard InChI is InChI=1S/C35H33N2O17P3S/c1-21-19-37(35(40)36-33(21)38)30-18-27(52-34(39)25-6-3-2-4-7-25)28(51-30)20-50-56(43,44)54-57(45,46)53-55(41,42)49-16-17-58(47,48)29-15-13-24-11-10-22-8-5-9-23-12-14-26(29)32(24)31(22)23/h2-15,19,27-28,30H,16-18,20H2,1H3,(H,41,42)(H,43,44)(H,45,46)(H,36,38,40). The first-order valence-corrected chi connectivity index (χ1v) is 23.3. The van der Waals surface area contributed by atoms with Crippen LogP contribution in [-0.4, -0.2) is 69.8 Å². The SMILES string of the molecule is Cc1cn(C2CC(OC(=O)c3ccccc3)C(COP(=O)(O)OP(=O)(O)OP(=O)(O)OCCS(=O)(=O)c3ccc4ccc5cccc6ccc3c4c56)O2)c(=O)[nH]c1=O. The lowest BCUT2D eigenvalue weighted by Gasteiger charge is -2.21. The number of rotatable bonds is 15. The summed E-state index contributed by atoms with van der Waals surface area (Å²) < 4.78 is 95.0. The third kappa shape index (κ3) is 9.09. The van der Waals surface area contributed by atoms with Crippen LogP contribution in [0.1, 0.15) is 28.6 Å². The molecule has 0 spiro atoms. The van der Waals surface area contributed by atoms with Gasteiger partial charge in [-0.05, 0) is 52.1 Å². The summed E-state index contributed by atoms with van der Waals surface area (Å²) in [6.45, 7) is -0.589. The number of aryl methyl sites for hydroxylation is 1. The predicted molar refractivity (Wildman–Crippen MR) is 206 cm³/mol. The van der Waals surface area contributed by atoms with Crippen molar-refractivity contribution in [3.63, 3.8) is 0 Å². The maximum Gasteiger partial charge on any atom is 0.490 e. The number of phosphoric acid groups is 3. The molecule has 1 aliphatic heterocycles. The molecule has 1 aromatic heterocycles. The Kier molecular flexibility index (Phi) is 11.5.